The fourth-order valence-electron chi connectivity index (χ4n) is 2.16. The summed E-state index contributed by atoms with van der Waals surface area (Å²) in [5.74, 6) is -0.484. The lowest BCUT2D eigenvalue weighted by Crippen LogP contribution is -2.38. The molecule has 0 saturated carbocycles. The third-order valence-corrected chi connectivity index (χ3v) is 3.98. The zero-order valence-electron chi connectivity index (χ0n) is 10.4. The molecule has 1 fully saturated rings. The molecule has 1 aromatic carbocycles. The number of benzene rings is 1. The number of carbonyl (C=O) groups is 1. The summed E-state index contributed by atoms with van der Waals surface area (Å²) in [5, 5.41) is 3.86. The first kappa shape index (κ1) is 14.6. The van der Waals surface area contributed by atoms with Gasteiger partial charge in [0.15, 0.2) is 0 Å². The zero-order chi connectivity index (χ0) is 13.8. The molecule has 1 amide bonds. The SMILES string of the molecule is NC(=O)C(NCC1CCCO1)c1cccc(Cl)c1Cl. The first-order valence-corrected chi connectivity index (χ1v) is 6.93. The highest BCUT2D eigenvalue weighted by atomic mass is 35.5. The van der Waals surface area contributed by atoms with Gasteiger partial charge >= 0.3 is 0 Å². The van der Waals surface area contributed by atoms with Crippen molar-refractivity contribution in [1.29, 1.82) is 0 Å². The fourth-order valence-corrected chi connectivity index (χ4v) is 2.58. The summed E-state index contributed by atoms with van der Waals surface area (Å²) in [6, 6.07) is 4.50. The molecule has 104 valence electrons. The highest BCUT2D eigenvalue weighted by Crippen LogP contribution is 2.30. The number of hydrogen-bond acceptors (Lipinski definition) is 3. The van der Waals surface area contributed by atoms with Gasteiger partial charge in [-0.25, -0.2) is 0 Å². The summed E-state index contributed by atoms with van der Waals surface area (Å²) in [4.78, 5) is 11.6. The van der Waals surface area contributed by atoms with Gasteiger partial charge in [-0.15, -0.1) is 0 Å². The standard InChI is InChI=1S/C13H16Cl2N2O2/c14-10-5-1-4-9(11(10)15)12(13(16)18)17-7-8-3-2-6-19-8/h1,4-5,8,12,17H,2-3,6-7H2,(H2,16,18). The summed E-state index contributed by atoms with van der Waals surface area (Å²) in [6.07, 6.45) is 2.16. The molecule has 1 heterocycles. The zero-order valence-corrected chi connectivity index (χ0v) is 11.9. The molecule has 0 radical (unpaired) electrons. The molecule has 1 aliphatic heterocycles. The maximum atomic E-state index is 11.6. The number of amides is 1. The van der Waals surface area contributed by atoms with E-state index in [1.54, 1.807) is 18.2 Å². The lowest BCUT2D eigenvalue weighted by molar-refractivity contribution is -0.120. The number of primary amides is 1. The molecular weight excluding hydrogens is 287 g/mol. The second-order valence-corrected chi connectivity index (χ2v) is 5.31. The third-order valence-electron chi connectivity index (χ3n) is 3.15. The predicted octanol–water partition coefficient (Wildman–Crippen LogP) is 2.29. The number of carbonyl (C=O) groups excluding carboxylic acids is 1. The molecule has 19 heavy (non-hydrogen) atoms. The Labute approximate surface area is 122 Å². The Morgan fingerprint density at radius 2 is 2.32 bits per heavy atom. The molecule has 1 aromatic rings. The van der Waals surface area contributed by atoms with Crippen LogP contribution in [0.25, 0.3) is 0 Å². The minimum absolute atomic E-state index is 0.125. The summed E-state index contributed by atoms with van der Waals surface area (Å²) in [7, 11) is 0. The summed E-state index contributed by atoms with van der Waals surface area (Å²) >= 11 is 12.1. The Balaban J connectivity index is 2.10. The molecule has 1 saturated heterocycles. The topological polar surface area (TPSA) is 64.4 Å². The minimum Gasteiger partial charge on any atom is -0.377 e. The van der Waals surface area contributed by atoms with E-state index >= 15 is 0 Å². The van der Waals surface area contributed by atoms with Crippen molar-refractivity contribution in [2.45, 2.75) is 25.0 Å². The van der Waals surface area contributed by atoms with Crippen LogP contribution in [0.4, 0.5) is 0 Å². The normalized spacial score (nSPS) is 20.4. The van der Waals surface area contributed by atoms with Crippen molar-refractivity contribution in [2.75, 3.05) is 13.2 Å². The number of halogens is 2. The van der Waals surface area contributed by atoms with Crippen molar-refractivity contribution >= 4 is 29.1 Å². The fraction of sp³-hybridized carbons (Fsp3) is 0.462. The van der Waals surface area contributed by atoms with Crippen molar-refractivity contribution in [3.63, 3.8) is 0 Å². The average Bonchev–Trinajstić information content (AvgIpc) is 2.87. The van der Waals surface area contributed by atoms with Crippen molar-refractivity contribution in [3.05, 3.63) is 33.8 Å². The van der Waals surface area contributed by atoms with Gasteiger partial charge in [0.05, 0.1) is 16.1 Å². The summed E-state index contributed by atoms with van der Waals surface area (Å²) in [6.45, 7) is 1.34. The Kier molecular flexibility index (Phi) is 5.05. The monoisotopic (exact) mass is 302 g/mol. The van der Waals surface area contributed by atoms with E-state index in [1.807, 2.05) is 0 Å². The van der Waals surface area contributed by atoms with E-state index < -0.39 is 11.9 Å². The van der Waals surface area contributed by atoms with Crippen LogP contribution in [-0.4, -0.2) is 25.2 Å². The van der Waals surface area contributed by atoms with Gasteiger partial charge in [-0.05, 0) is 24.5 Å². The predicted molar refractivity (Wildman–Crippen MR) is 75.4 cm³/mol. The Bertz CT molecular complexity index is 462. The molecule has 0 aromatic heterocycles. The van der Waals surface area contributed by atoms with Gasteiger partial charge in [0, 0.05) is 13.2 Å². The van der Waals surface area contributed by atoms with Crippen LogP contribution in [0.3, 0.4) is 0 Å². The Morgan fingerprint density at radius 3 is 2.95 bits per heavy atom. The molecular formula is C13H16Cl2N2O2. The highest BCUT2D eigenvalue weighted by molar-refractivity contribution is 6.42. The van der Waals surface area contributed by atoms with Crippen molar-refractivity contribution in [2.24, 2.45) is 5.73 Å². The number of rotatable bonds is 5. The summed E-state index contributed by atoms with van der Waals surface area (Å²) in [5.41, 5.74) is 6.03. The molecule has 6 heteroatoms. The van der Waals surface area contributed by atoms with Gasteiger partial charge in [-0.1, -0.05) is 35.3 Å². The van der Waals surface area contributed by atoms with Gasteiger partial charge in [0.1, 0.15) is 6.04 Å². The summed E-state index contributed by atoms with van der Waals surface area (Å²) < 4.78 is 5.50. The van der Waals surface area contributed by atoms with Crippen LogP contribution in [0.5, 0.6) is 0 Å². The van der Waals surface area contributed by atoms with Gasteiger partial charge in [0.25, 0.3) is 0 Å². The Morgan fingerprint density at radius 1 is 1.53 bits per heavy atom. The molecule has 3 N–H and O–H groups in total. The van der Waals surface area contributed by atoms with E-state index in [0.717, 1.165) is 19.4 Å². The molecule has 0 spiro atoms. The second kappa shape index (κ2) is 6.57. The molecule has 2 rings (SSSR count). The Hall–Kier alpha value is -0.810. The van der Waals surface area contributed by atoms with Crippen molar-refractivity contribution in [3.8, 4) is 0 Å². The quantitative estimate of drug-likeness (QED) is 0.877. The smallest absolute Gasteiger partial charge is 0.239 e. The van der Waals surface area contributed by atoms with E-state index in [1.165, 1.54) is 0 Å². The number of hydrogen-bond donors (Lipinski definition) is 2. The molecule has 1 aliphatic rings. The highest BCUT2D eigenvalue weighted by Gasteiger charge is 2.23. The van der Waals surface area contributed by atoms with Crippen LogP contribution < -0.4 is 11.1 Å². The third kappa shape index (κ3) is 3.60. The van der Waals surface area contributed by atoms with E-state index in [9.17, 15) is 4.79 Å². The van der Waals surface area contributed by atoms with Crippen molar-refractivity contribution in [1.82, 2.24) is 5.32 Å². The van der Waals surface area contributed by atoms with E-state index in [4.69, 9.17) is 33.7 Å². The van der Waals surface area contributed by atoms with Crippen LogP contribution in [0, 0.1) is 0 Å². The largest absolute Gasteiger partial charge is 0.377 e. The van der Waals surface area contributed by atoms with Gasteiger partial charge in [-0.2, -0.15) is 0 Å². The number of nitrogens with two attached hydrogens (primary N) is 1. The second-order valence-electron chi connectivity index (χ2n) is 4.52. The van der Waals surface area contributed by atoms with Crippen LogP contribution in [0.1, 0.15) is 24.4 Å². The molecule has 0 bridgehead atoms. The first-order chi connectivity index (χ1) is 9.09. The van der Waals surface area contributed by atoms with Crippen molar-refractivity contribution < 1.29 is 9.53 Å². The van der Waals surface area contributed by atoms with Crippen LogP contribution in [0.15, 0.2) is 18.2 Å². The lowest BCUT2D eigenvalue weighted by atomic mass is 10.1. The maximum absolute atomic E-state index is 11.6. The number of ether oxygens (including phenoxy) is 1. The molecule has 0 aliphatic carbocycles. The minimum atomic E-state index is -0.657. The maximum Gasteiger partial charge on any atom is 0.239 e. The van der Waals surface area contributed by atoms with E-state index in [-0.39, 0.29) is 6.10 Å². The van der Waals surface area contributed by atoms with Crippen LogP contribution >= 0.6 is 23.2 Å². The lowest BCUT2D eigenvalue weighted by Gasteiger charge is -2.19. The van der Waals surface area contributed by atoms with Crippen LogP contribution in [0.2, 0.25) is 10.0 Å². The van der Waals surface area contributed by atoms with Gasteiger partial charge < -0.3 is 10.5 Å². The van der Waals surface area contributed by atoms with Gasteiger partial charge in [-0.3, -0.25) is 10.1 Å². The first-order valence-electron chi connectivity index (χ1n) is 6.18. The van der Waals surface area contributed by atoms with Crippen LogP contribution in [-0.2, 0) is 9.53 Å². The average molecular weight is 303 g/mol. The molecule has 2 unspecified atom stereocenters. The van der Waals surface area contributed by atoms with E-state index in [0.29, 0.717) is 22.2 Å². The number of nitrogens with one attached hydrogen (secondary N) is 1. The molecule has 2 atom stereocenters. The molecule has 4 nitrogen and oxygen atoms in total. The van der Waals surface area contributed by atoms with E-state index in [2.05, 4.69) is 5.32 Å². The van der Waals surface area contributed by atoms with Gasteiger partial charge in [0.2, 0.25) is 5.91 Å².